The SMILES string of the molecule is CC1CCN(c2ccc(CNCc3c(C(C)C)nn(C)c3N3CCOCC3)cn2)CC1. The zero-order chi connectivity index (χ0) is 21.8. The van der Waals surface area contributed by atoms with E-state index in [9.17, 15) is 0 Å². The molecule has 0 spiro atoms. The van der Waals surface area contributed by atoms with Crippen LogP contribution in [0.5, 0.6) is 0 Å². The maximum absolute atomic E-state index is 5.56. The van der Waals surface area contributed by atoms with Gasteiger partial charge in [-0.3, -0.25) is 4.68 Å². The van der Waals surface area contributed by atoms with Crippen LogP contribution in [0.15, 0.2) is 18.3 Å². The van der Waals surface area contributed by atoms with E-state index in [0.29, 0.717) is 5.92 Å². The Morgan fingerprint density at radius 1 is 1.06 bits per heavy atom. The number of anilines is 2. The van der Waals surface area contributed by atoms with Crippen molar-refractivity contribution in [3.05, 3.63) is 35.2 Å². The molecule has 0 bridgehead atoms. The number of nitrogens with zero attached hydrogens (tertiary/aromatic N) is 5. The average molecular weight is 427 g/mol. The van der Waals surface area contributed by atoms with Crippen molar-refractivity contribution in [2.75, 3.05) is 49.2 Å². The van der Waals surface area contributed by atoms with Gasteiger partial charge in [0.15, 0.2) is 0 Å². The number of pyridine rings is 1. The highest BCUT2D eigenvalue weighted by atomic mass is 16.5. The topological polar surface area (TPSA) is 58.5 Å². The second-order valence-corrected chi connectivity index (χ2v) is 9.36. The largest absolute Gasteiger partial charge is 0.378 e. The van der Waals surface area contributed by atoms with Crippen molar-refractivity contribution < 1.29 is 4.74 Å². The van der Waals surface area contributed by atoms with E-state index >= 15 is 0 Å². The van der Waals surface area contributed by atoms with E-state index in [0.717, 1.165) is 64.2 Å². The van der Waals surface area contributed by atoms with Gasteiger partial charge in [0.2, 0.25) is 0 Å². The monoisotopic (exact) mass is 426 g/mol. The van der Waals surface area contributed by atoms with Gasteiger partial charge in [-0.2, -0.15) is 5.10 Å². The lowest BCUT2D eigenvalue weighted by Gasteiger charge is -2.31. The summed E-state index contributed by atoms with van der Waals surface area (Å²) in [5, 5.41) is 8.50. The number of hydrogen-bond donors (Lipinski definition) is 1. The molecule has 2 aliphatic heterocycles. The lowest BCUT2D eigenvalue weighted by Crippen LogP contribution is -2.38. The molecular weight excluding hydrogens is 388 g/mol. The Bertz CT molecular complexity index is 832. The van der Waals surface area contributed by atoms with Gasteiger partial charge in [-0.25, -0.2) is 4.98 Å². The summed E-state index contributed by atoms with van der Waals surface area (Å²) in [5.74, 6) is 3.57. The van der Waals surface area contributed by atoms with Crippen molar-refractivity contribution in [1.29, 1.82) is 0 Å². The lowest BCUT2D eigenvalue weighted by atomic mass is 9.99. The number of morpholine rings is 1. The molecule has 1 N–H and O–H groups in total. The van der Waals surface area contributed by atoms with Crippen LogP contribution in [-0.2, 0) is 24.9 Å². The van der Waals surface area contributed by atoms with E-state index in [2.05, 4.69) is 55.1 Å². The maximum atomic E-state index is 5.56. The molecule has 2 fully saturated rings. The standard InChI is InChI=1S/C24H38N6O/c1-18(2)23-21(24(28(4)27-23)30-11-13-31-14-12-30)17-25-15-20-5-6-22(26-16-20)29-9-7-19(3)8-10-29/h5-6,16,18-19,25H,7-15,17H2,1-4H3. The summed E-state index contributed by atoms with van der Waals surface area (Å²) in [7, 11) is 2.06. The van der Waals surface area contributed by atoms with Crippen LogP contribution < -0.4 is 15.1 Å². The van der Waals surface area contributed by atoms with Crippen LogP contribution in [0.25, 0.3) is 0 Å². The molecule has 0 aromatic carbocycles. The molecule has 0 saturated carbocycles. The van der Waals surface area contributed by atoms with Crippen LogP contribution >= 0.6 is 0 Å². The number of aryl methyl sites for hydroxylation is 1. The first-order valence-electron chi connectivity index (χ1n) is 11.8. The highest BCUT2D eigenvalue weighted by Gasteiger charge is 2.24. The highest BCUT2D eigenvalue weighted by Crippen LogP contribution is 2.29. The van der Waals surface area contributed by atoms with Gasteiger partial charge in [-0.1, -0.05) is 26.8 Å². The average Bonchev–Trinajstić information content (AvgIpc) is 3.12. The summed E-state index contributed by atoms with van der Waals surface area (Å²) in [5.41, 5.74) is 3.72. The second kappa shape index (κ2) is 10.0. The van der Waals surface area contributed by atoms with Gasteiger partial charge in [0.25, 0.3) is 0 Å². The predicted molar refractivity (Wildman–Crippen MR) is 126 cm³/mol. The normalized spacial score (nSPS) is 18.2. The Kier molecular flexibility index (Phi) is 7.13. The van der Waals surface area contributed by atoms with Crippen LogP contribution in [0.1, 0.15) is 56.4 Å². The molecule has 0 radical (unpaired) electrons. The van der Waals surface area contributed by atoms with Crippen molar-refractivity contribution >= 4 is 11.6 Å². The van der Waals surface area contributed by atoms with E-state index in [-0.39, 0.29) is 0 Å². The van der Waals surface area contributed by atoms with Crippen molar-refractivity contribution in [2.45, 2.75) is 52.6 Å². The third kappa shape index (κ3) is 5.21. The Morgan fingerprint density at radius 3 is 2.45 bits per heavy atom. The Balaban J connectivity index is 1.40. The van der Waals surface area contributed by atoms with Gasteiger partial charge in [-0.15, -0.1) is 0 Å². The van der Waals surface area contributed by atoms with Crippen LogP contribution in [0, 0.1) is 5.92 Å². The summed E-state index contributed by atoms with van der Waals surface area (Å²) >= 11 is 0. The second-order valence-electron chi connectivity index (χ2n) is 9.36. The van der Waals surface area contributed by atoms with E-state index < -0.39 is 0 Å². The third-order valence-electron chi connectivity index (χ3n) is 6.55. The first-order chi connectivity index (χ1) is 15.0. The number of rotatable bonds is 7. The molecule has 2 aromatic rings. The van der Waals surface area contributed by atoms with E-state index in [1.165, 1.54) is 35.5 Å². The Labute approximate surface area is 186 Å². The lowest BCUT2D eigenvalue weighted by molar-refractivity contribution is 0.122. The van der Waals surface area contributed by atoms with E-state index in [4.69, 9.17) is 14.8 Å². The molecule has 7 nitrogen and oxygen atoms in total. The molecule has 2 aliphatic rings. The molecule has 0 unspecified atom stereocenters. The van der Waals surface area contributed by atoms with Crippen LogP contribution in [-0.4, -0.2) is 54.2 Å². The van der Waals surface area contributed by atoms with Gasteiger partial charge in [-0.05, 0) is 36.3 Å². The Hall–Kier alpha value is -2.12. The fraction of sp³-hybridized carbons (Fsp3) is 0.667. The summed E-state index contributed by atoms with van der Waals surface area (Å²) < 4.78 is 7.60. The summed E-state index contributed by atoms with van der Waals surface area (Å²) in [4.78, 5) is 9.57. The summed E-state index contributed by atoms with van der Waals surface area (Å²) in [6.45, 7) is 14.0. The number of aromatic nitrogens is 3. The molecule has 31 heavy (non-hydrogen) atoms. The zero-order valence-corrected chi connectivity index (χ0v) is 19.6. The number of ether oxygens (including phenoxy) is 1. The van der Waals surface area contributed by atoms with Crippen LogP contribution in [0.4, 0.5) is 11.6 Å². The van der Waals surface area contributed by atoms with Crippen molar-refractivity contribution in [2.24, 2.45) is 13.0 Å². The first kappa shape index (κ1) is 22.1. The van der Waals surface area contributed by atoms with E-state index in [1.54, 1.807) is 0 Å². The minimum absolute atomic E-state index is 0.394. The molecule has 4 rings (SSSR count). The third-order valence-corrected chi connectivity index (χ3v) is 6.55. The molecule has 2 aromatic heterocycles. The maximum Gasteiger partial charge on any atom is 0.131 e. The van der Waals surface area contributed by atoms with Crippen molar-refractivity contribution in [1.82, 2.24) is 20.1 Å². The number of nitrogens with one attached hydrogen (secondary N) is 1. The summed E-state index contributed by atoms with van der Waals surface area (Å²) in [6, 6.07) is 4.39. The van der Waals surface area contributed by atoms with Gasteiger partial charge >= 0.3 is 0 Å². The molecule has 170 valence electrons. The minimum atomic E-state index is 0.394. The van der Waals surface area contributed by atoms with Crippen molar-refractivity contribution in [3.63, 3.8) is 0 Å². The van der Waals surface area contributed by atoms with Crippen LogP contribution in [0.2, 0.25) is 0 Å². The molecule has 4 heterocycles. The molecule has 0 aliphatic carbocycles. The van der Waals surface area contributed by atoms with Gasteiger partial charge in [0.05, 0.1) is 18.9 Å². The van der Waals surface area contributed by atoms with Gasteiger partial charge in [0, 0.05) is 58.1 Å². The summed E-state index contributed by atoms with van der Waals surface area (Å²) in [6.07, 6.45) is 4.55. The van der Waals surface area contributed by atoms with Gasteiger partial charge < -0.3 is 19.9 Å². The van der Waals surface area contributed by atoms with Crippen LogP contribution in [0.3, 0.4) is 0 Å². The molecule has 2 saturated heterocycles. The van der Waals surface area contributed by atoms with E-state index in [1.807, 2.05) is 10.9 Å². The fourth-order valence-corrected chi connectivity index (χ4v) is 4.66. The fourth-order valence-electron chi connectivity index (χ4n) is 4.66. The smallest absolute Gasteiger partial charge is 0.131 e. The number of hydrogen-bond acceptors (Lipinski definition) is 6. The Morgan fingerprint density at radius 2 is 1.81 bits per heavy atom. The quantitative estimate of drug-likeness (QED) is 0.733. The first-order valence-corrected chi connectivity index (χ1v) is 11.8. The highest BCUT2D eigenvalue weighted by molar-refractivity contribution is 5.51. The molecule has 0 atom stereocenters. The predicted octanol–water partition coefficient (Wildman–Crippen LogP) is 3.30. The van der Waals surface area contributed by atoms with Crippen molar-refractivity contribution in [3.8, 4) is 0 Å². The molecular formula is C24H38N6O. The number of piperidine rings is 1. The molecule has 7 heteroatoms. The van der Waals surface area contributed by atoms with Gasteiger partial charge in [0.1, 0.15) is 11.6 Å². The zero-order valence-electron chi connectivity index (χ0n) is 19.6. The minimum Gasteiger partial charge on any atom is -0.378 e. The molecule has 0 amide bonds.